The number of carbonyl (C=O) groups excluding carboxylic acids is 1. The molecule has 2 atom stereocenters. The molecule has 5 heterocycles. The minimum atomic E-state index is -3.80. The molecule has 1 saturated heterocycles. The lowest BCUT2D eigenvalue weighted by Gasteiger charge is -2.48. The van der Waals surface area contributed by atoms with Crippen molar-refractivity contribution in [3.05, 3.63) is 79.9 Å². The van der Waals surface area contributed by atoms with E-state index in [0.717, 1.165) is 6.26 Å². The molecule has 4 aromatic heterocycles. The third kappa shape index (κ3) is 7.50. The summed E-state index contributed by atoms with van der Waals surface area (Å²) in [7, 11) is -2.12. The summed E-state index contributed by atoms with van der Waals surface area (Å²) >= 11 is 7.62. The zero-order chi connectivity index (χ0) is 39.4. The molecule has 7 rings (SSSR count). The van der Waals surface area contributed by atoms with Crippen LogP contribution in [0.15, 0.2) is 46.8 Å². The smallest absolute Gasteiger partial charge is 0.267 e. The summed E-state index contributed by atoms with van der Waals surface area (Å²) in [4.78, 5) is 43.7. The summed E-state index contributed by atoms with van der Waals surface area (Å²) < 4.78 is 54.3. The Morgan fingerprint density at radius 2 is 2.00 bits per heavy atom. The molecule has 0 unspecified atom stereocenters. The Morgan fingerprint density at radius 3 is 2.69 bits per heavy atom. The highest BCUT2D eigenvalue weighted by Gasteiger charge is 2.49. The van der Waals surface area contributed by atoms with E-state index in [1.54, 1.807) is 43.1 Å². The van der Waals surface area contributed by atoms with Crippen LogP contribution in [0.2, 0.25) is 5.02 Å². The monoisotopic (exact) mass is 806 g/mol. The third-order valence-corrected chi connectivity index (χ3v) is 11.8. The standard InChI is InChI=1S/C37H33ClF2N8O5S2/c1-20-44-28-17-43-34(46(2)29-9-12-47(18-30(29)49)23-14-37(39,40)15-23)26(16-41)31(28)36(51)48(20)11-4-5-21-6-7-22(38)13-25(21)24-8-10-42-32-27(19-54-33(24)32)35(50)45-55(3,52)53/h6-8,10,13,17,19,23,29-30,49H,9,11-12,14-15,18H2,1-3H3,(H,45,50)/t29-,30-/m1/s1. The largest absolute Gasteiger partial charge is 0.390 e. The van der Waals surface area contributed by atoms with Gasteiger partial charge in [-0.25, -0.2) is 31.9 Å². The highest BCUT2D eigenvalue weighted by Crippen LogP contribution is 2.42. The van der Waals surface area contributed by atoms with Crippen molar-refractivity contribution in [3.63, 3.8) is 0 Å². The summed E-state index contributed by atoms with van der Waals surface area (Å²) in [6.07, 6.45) is 2.90. The first kappa shape index (κ1) is 38.2. The number of rotatable bonds is 7. The summed E-state index contributed by atoms with van der Waals surface area (Å²) in [5.41, 5.74) is 1.95. The number of halogens is 3. The molecule has 284 valence electrons. The van der Waals surface area contributed by atoms with E-state index in [9.17, 15) is 37.2 Å². The molecule has 1 aliphatic heterocycles. The van der Waals surface area contributed by atoms with Crippen LogP contribution >= 0.6 is 22.9 Å². The van der Waals surface area contributed by atoms with Crippen molar-refractivity contribution in [2.45, 2.75) is 56.8 Å². The molecular formula is C37H33ClF2N8O5S2. The number of pyridine rings is 2. The van der Waals surface area contributed by atoms with Crippen LogP contribution < -0.4 is 15.2 Å². The van der Waals surface area contributed by atoms with Crippen molar-refractivity contribution >= 4 is 65.8 Å². The number of benzene rings is 1. The van der Waals surface area contributed by atoms with Crippen LogP contribution in [0.1, 0.15) is 46.6 Å². The number of nitrogens with zero attached hydrogens (tertiary/aromatic N) is 7. The molecule has 0 radical (unpaired) electrons. The maximum atomic E-state index is 14.1. The number of hydrogen-bond donors (Lipinski definition) is 2. The molecule has 1 aromatic carbocycles. The number of nitrogens with one attached hydrogen (secondary N) is 1. The van der Waals surface area contributed by atoms with Gasteiger partial charge in [0.1, 0.15) is 23.3 Å². The second-order valence-corrected chi connectivity index (χ2v) is 16.8. The Morgan fingerprint density at radius 1 is 1.24 bits per heavy atom. The fourth-order valence-electron chi connectivity index (χ4n) is 7.23. The minimum absolute atomic E-state index is 0.00491. The molecule has 13 nitrogen and oxygen atoms in total. The Kier molecular flexibility index (Phi) is 10.1. The van der Waals surface area contributed by atoms with E-state index in [4.69, 9.17) is 11.6 Å². The van der Waals surface area contributed by atoms with Gasteiger partial charge in [0.25, 0.3) is 17.4 Å². The van der Waals surface area contributed by atoms with Crippen LogP contribution in [0.3, 0.4) is 0 Å². The zero-order valence-electron chi connectivity index (χ0n) is 29.7. The first-order chi connectivity index (χ1) is 26.0. The summed E-state index contributed by atoms with van der Waals surface area (Å²) in [6, 6.07) is 8.20. The highest BCUT2D eigenvalue weighted by atomic mass is 35.5. The number of piperidine rings is 1. The number of amides is 1. The van der Waals surface area contributed by atoms with Crippen molar-refractivity contribution < 1.29 is 27.1 Å². The van der Waals surface area contributed by atoms with Crippen molar-refractivity contribution in [2.24, 2.45) is 0 Å². The number of anilines is 1. The van der Waals surface area contributed by atoms with E-state index in [1.165, 1.54) is 33.7 Å². The van der Waals surface area contributed by atoms with Gasteiger partial charge >= 0.3 is 0 Å². The number of aliphatic hydroxyl groups is 1. The lowest BCUT2D eigenvalue weighted by molar-refractivity contribution is -0.134. The van der Waals surface area contributed by atoms with E-state index < -0.39 is 39.6 Å². The molecule has 2 N–H and O–H groups in total. The average Bonchev–Trinajstić information content (AvgIpc) is 3.56. The maximum Gasteiger partial charge on any atom is 0.267 e. The van der Waals surface area contributed by atoms with Gasteiger partial charge in [-0.15, -0.1) is 11.3 Å². The van der Waals surface area contributed by atoms with Crippen LogP contribution in [-0.4, -0.2) is 94.4 Å². The molecule has 2 fully saturated rings. The number of aliphatic hydroxyl groups excluding tert-OH is 1. The second kappa shape index (κ2) is 14.6. The lowest BCUT2D eigenvalue weighted by Crippen LogP contribution is -2.60. The summed E-state index contributed by atoms with van der Waals surface area (Å²) in [6.45, 7) is 2.25. The van der Waals surface area contributed by atoms with Gasteiger partial charge < -0.3 is 10.0 Å². The van der Waals surface area contributed by atoms with Gasteiger partial charge in [0.2, 0.25) is 10.0 Å². The van der Waals surface area contributed by atoms with Crippen molar-refractivity contribution in [1.29, 1.82) is 5.26 Å². The van der Waals surface area contributed by atoms with Gasteiger partial charge in [-0.3, -0.25) is 24.0 Å². The van der Waals surface area contributed by atoms with Crippen LogP contribution in [0, 0.1) is 30.1 Å². The van der Waals surface area contributed by atoms with Crippen molar-refractivity contribution in [3.8, 4) is 29.0 Å². The number of aryl methyl sites for hydroxylation is 1. The highest BCUT2D eigenvalue weighted by molar-refractivity contribution is 7.89. The number of aromatic nitrogens is 4. The van der Waals surface area contributed by atoms with E-state index >= 15 is 0 Å². The van der Waals surface area contributed by atoms with Crippen molar-refractivity contribution in [2.75, 3.05) is 31.3 Å². The van der Waals surface area contributed by atoms with E-state index in [-0.39, 0.29) is 59.8 Å². The molecule has 2 aliphatic rings. The van der Waals surface area contributed by atoms with Crippen LogP contribution in [0.25, 0.3) is 32.2 Å². The van der Waals surface area contributed by atoms with Gasteiger partial charge in [-0.2, -0.15) is 5.26 Å². The molecule has 1 saturated carbocycles. The van der Waals surface area contributed by atoms with Crippen molar-refractivity contribution in [1.82, 2.24) is 29.1 Å². The molecule has 55 heavy (non-hydrogen) atoms. The maximum absolute atomic E-state index is 14.1. The lowest BCUT2D eigenvalue weighted by atomic mass is 9.85. The number of likely N-dealkylation sites (tertiary alicyclic amines) is 1. The number of nitriles is 1. The van der Waals surface area contributed by atoms with E-state index in [0.29, 0.717) is 50.7 Å². The van der Waals surface area contributed by atoms with Crippen LogP contribution in [0.4, 0.5) is 14.6 Å². The number of alkyl halides is 2. The SMILES string of the molecule is Cc1nc2cnc(N(C)[C@@H]3CCN(C4CC(F)(F)C4)C[C@H]3O)c(C#N)c2c(=O)n1CC#Cc1ccc(Cl)cc1-c1ccnc2c(C(=O)NS(C)(=O)=O)csc12. The second-order valence-electron chi connectivity index (χ2n) is 13.7. The molecule has 1 aliphatic carbocycles. The van der Waals surface area contributed by atoms with Gasteiger partial charge in [-0.05, 0) is 37.6 Å². The normalized spacial score (nSPS) is 18.7. The first-order valence-electron chi connectivity index (χ1n) is 17.1. The molecular weight excluding hydrogens is 774 g/mol. The van der Waals surface area contributed by atoms with Crippen LogP contribution in [-0.2, 0) is 16.6 Å². The number of hydrogen-bond acceptors (Lipinski definition) is 12. The molecule has 0 spiro atoms. The predicted octanol–water partition coefficient (Wildman–Crippen LogP) is 4.31. The average molecular weight is 807 g/mol. The van der Waals surface area contributed by atoms with E-state index in [1.807, 2.05) is 9.62 Å². The summed E-state index contributed by atoms with van der Waals surface area (Å²) in [5, 5.41) is 23.4. The van der Waals surface area contributed by atoms with E-state index in [2.05, 4.69) is 32.9 Å². The fraction of sp³-hybridized carbons (Fsp3) is 0.351. The fourth-order valence-corrected chi connectivity index (χ4v) is 8.88. The Bertz CT molecular complexity index is 2660. The Hall–Kier alpha value is -5.04. The molecule has 5 aromatic rings. The first-order valence-corrected chi connectivity index (χ1v) is 20.2. The number of sulfonamides is 1. The molecule has 1 amide bonds. The molecule has 0 bridgehead atoms. The predicted molar refractivity (Wildman–Crippen MR) is 205 cm³/mol. The quantitative estimate of drug-likeness (QED) is 0.225. The Labute approximate surface area is 323 Å². The van der Waals surface area contributed by atoms with Crippen LogP contribution in [0.5, 0.6) is 0 Å². The number of carbonyl (C=O) groups is 1. The Balaban J connectivity index is 1.18. The number of thiophene rings is 1. The van der Waals surface area contributed by atoms with Gasteiger partial charge in [0.15, 0.2) is 0 Å². The number of β-amino-alcohol motifs (C(OH)–C–C–N with tert-alkyl or cyclic N) is 1. The topological polar surface area (TPSA) is 174 Å². The van der Waals surface area contributed by atoms with Gasteiger partial charge in [0.05, 0.1) is 57.8 Å². The number of fused-ring (bicyclic) bond motifs is 2. The number of likely N-dealkylation sites (N-methyl/N-ethyl adjacent to an activating group) is 1. The zero-order valence-corrected chi connectivity index (χ0v) is 32.1. The minimum Gasteiger partial charge on any atom is -0.390 e. The third-order valence-electron chi connectivity index (χ3n) is 9.99. The van der Waals surface area contributed by atoms with Gasteiger partial charge in [0, 0.05) is 72.3 Å². The summed E-state index contributed by atoms with van der Waals surface area (Å²) in [5.74, 6) is 3.23. The van der Waals surface area contributed by atoms with Gasteiger partial charge in [-0.1, -0.05) is 23.4 Å². The molecule has 18 heteroatoms.